The Bertz CT molecular complexity index is 2070. The van der Waals surface area contributed by atoms with Crippen molar-refractivity contribution in [2.75, 3.05) is 39.3 Å². The van der Waals surface area contributed by atoms with Gasteiger partial charge in [0, 0.05) is 13.0 Å². The summed E-state index contributed by atoms with van der Waals surface area (Å²) in [6, 6.07) is -14.5. The fraction of sp³-hybridized carbons (Fsp3) is 0.792. The Morgan fingerprint density at radius 2 is 1.02 bits per heavy atom. The molecule has 0 aromatic heterocycles. The first-order valence-corrected chi connectivity index (χ1v) is 28.9. The molecule has 1 aliphatic rings. The summed E-state index contributed by atoms with van der Waals surface area (Å²) in [4.78, 5) is 153. The summed E-state index contributed by atoms with van der Waals surface area (Å²) in [6.45, 7) is 12.5. The quantitative estimate of drug-likeness (QED) is 0.0311. The van der Waals surface area contributed by atoms with Crippen LogP contribution in [0, 0.1) is 17.8 Å². The van der Waals surface area contributed by atoms with Gasteiger partial charge in [-0.15, -0.1) is 0 Å². The first kappa shape index (κ1) is 73.9. The number of unbranched alkanes of at least 4 members (excludes halogenated alkanes) is 1. The normalized spacial score (nSPS) is 23.8. The highest BCUT2D eigenvalue weighted by Gasteiger charge is 2.38. The zero-order valence-corrected chi connectivity index (χ0v) is 49.4. The standard InChI is InChI=1S/C53H100N16O13/c1-9-29(5)13-11-12-14-40(72)60-33(15-21-54)48(77)69-43(32(8)71)53(82)65-36(18-24-57)45(74)63-38-20-26-59-51(80)42(31(7)70)68-49(78)37(19-25-58)62-44(73)35(17-23-56)64-52(81)41(30(6)10-2)67-50(79)39(27-28(3)4)66-46(75)34(16-22-55)61-47(38)76/h28-39,41-43,70-71H,9-27,54-58H2,1-8H3,(H,59,80)(H,60,72)(H,61,76)(H,62,73)(H,63,74)(H,64,81)(H,65,82)(H,66,75)(H,67,79)(H,68,78)(H,69,77)/t29-,30-,31+,32+,33-,34-,35+,36-,37-,38+,39+,41-,42-,43-/m0/s1. The Labute approximate surface area is 482 Å². The maximum absolute atomic E-state index is 14.4. The first-order valence-electron chi connectivity index (χ1n) is 28.9. The van der Waals surface area contributed by atoms with E-state index in [0.717, 1.165) is 19.3 Å². The molecule has 1 aliphatic heterocycles. The van der Waals surface area contributed by atoms with Crippen molar-refractivity contribution in [1.29, 1.82) is 0 Å². The molecule has 1 fully saturated rings. The number of amides is 11. The van der Waals surface area contributed by atoms with Crippen LogP contribution in [0.1, 0.15) is 139 Å². The third kappa shape index (κ3) is 26.4. The number of rotatable bonds is 29. The molecule has 23 N–H and O–H groups in total. The summed E-state index contributed by atoms with van der Waals surface area (Å²) >= 11 is 0. The van der Waals surface area contributed by atoms with Crippen LogP contribution in [-0.4, -0.2) is 187 Å². The fourth-order valence-electron chi connectivity index (χ4n) is 8.73. The van der Waals surface area contributed by atoms with Crippen LogP contribution in [-0.2, 0) is 52.7 Å². The minimum absolute atomic E-state index is 0.0131. The predicted octanol–water partition coefficient (Wildman–Crippen LogP) is -5.44. The van der Waals surface area contributed by atoms with Crippen LogP contribution < -0.4 is 87.2 Å². The molecule has 1 saturated heterocycles. The maximum atomic E-state index is 14.4. The topological polar surface area (TPSA) is 491 Å². The van der Waals surface area contributed by atoms with Crippen molar-refractivity contribution in [1.82, 2.24) is 58.5 Å². The lowest BCUT2D eigenvalue weighted by molar-refractivity contribution is -0.137. The van der Waals surface area contributed by atoms with Gasteiger partial charge in [0.25, 0.3) is 0 Å². The Balaban J connectivity index is 3.82. The molecular weight excluding hydrogens is 1070 g/mol. The molecule has 82 heavy (non-hydrogen) atoms. The van der Waals surface area contributed by atoms with Gasteiger partial charge < -0.3 is 97.4 Å². The van der Waals surface area contributed by atoms with Crippen LogP contribution in [0.25, 0.3) is 0 Å². The third-order valence-electron chi connectivity index (χ3n) is 14.1. The highest BCUT2D eigenvalue weighted by Crippen LogP contribution is 2.15. The number of nitrogens with one attached hydrogen (secondary N) is 11. The molecule has 0 aliphatic carbocycles. The summed E-state index contributed by atoms with van der Waals surface area (Å²) in [5.41, 5.74) is 29.2. The smallest absolute Gasteiger partial charge is 0.245 e. The van der Waals surface area contributed by atoms with E-state index in [1.807, 2.05) is 0 Å². The lowest BCUT2D eigenvalue weighted by atomic mass is 9.96. The van der Waals surface area contributed by atoms with E-state index in [-0.39, 0.29) is 83.6 Å². The molecule has 1 heterocycles. The summed E-state index contributed by atoms with van der Waals surface area (Å²) in [7, 11) is 0. The Kier molecular flexibility index (Phi) is 35.5. The molecule has 0 spiro atoms. The average molecular weight is 1170 g/mol. The number of hydrogen-bond acceptors (Lipinski definition) is 18. The molecular formula is C53H100N16O13. The van der Waals surface area contributed by atoms with Gasteiger partial charge in [-0.25, -0.2) is 0 Å². The maximum Gasteiger partial charge on any atom is 0.245 e. The molecule has 29 heteroatoms. The number of aliphatic hydroxyl groups is 2. The van der Waals surface area contributed by atoms with Crippen molar-refractivity contribution in [3.63, 3.8) is 0 Å². The number of aliphatic hydroxyl groups excluding tert-OH is 2. The van der Waals surface area contributed by atoms with E-state index in [9.17, 15) is 63.0 Å². The number of nitrogens with two attached hydrogens (primary N) is 5. The Morgan fingerprint density at radius 3 is 1.51 bits per heavy atom. The zero-order valence-electron chi connectivity index (χ0n) is 49.4. The van der Waals surface area contributed by atoms with Crippen molar-refractivity contribution in [3.8, 4) is 0 Å². The van der Waals surface area contributed by atoms with E-state index in [0.29, 0.717) is 18.8 Å². The van der Waals surface area contributed by atoms with E-state index in [1.54, 1.807) is 27.7 Å². The Hall–Kier alpha value is -6.11. The molecule has 0 unspecified atom stereocenters. The zero-order chi connectivity index (χ0) is 62.2. The second-order valence-electron chi connectivity index (χ2n) is 21.7. The van der Waals surface area contributed by atoms with E-state index < -0.39 is 156 Å². The summed E-state index contributed by atoms with van der Waals surface area (Å²) in [6.07, 6.45) is -0.469. The average Bonchev–Trinajstić information content (AvgIpc) is 3.48. The van der Waals surface area contributed by atoms with Gasteiger partial charge in [-0.2, -0.15) is 0 Å². The monoisotopic (exact) mass is 1170 g/mol. The minimum atomic E-state index is -1.69. The van der Waals surface area contributed by atoms with Gasteiger partial charge in [0.2, 0.25) is 65.0 Å². The molecule has 1 rings (SSSR count). The molecule has 29 nitrogen and oxygen atoms in total. The fourth-order valence-corrected chi connectivity index (χ4v) is 8.73. The van der Waals surface area contributed by atoms with Gasteiger partial charge >= 0.3 is 0 Å². The summed E-state index contributed by atoms with van der Waals surface area (Å²) in [5, 5.41) is 49.6. The molecule has 0 bridgehead atoms. The van der Waals surface area contributed by atoms with Crippen LogP contribution in [0.5, 0.6) is 0 Å². The van der Waals surface area contributed by atoms with Crippen molar-refractivity contribution < 1.29 is 63.0 Å². The van der Waals surface area contributed by atoms with Gasteiger partial charge in [-0.05, 0) is 116 Å². The van der Waals surface area contributed by atoms with E-state index >= 15 is 0 Å². The summed E-state index contributed by atoms with van der Waals surface area (Å²) in [5.74, 6) is -9.84. The first-order chi connectivity index (χ1) is 38.7. The van der Waals surface area contributed by atoms with Crippen LogP contribution in [0.3, 0.4) is 0 Å². The van der Waals surface area contributed by atoms with Crippen LogP contribution >= 0.6 is 0 Å². The lowest BCUT2D eigenvalue weighted by Gasteiger charge is -2.30. The second-order valence-corrected chi connectivity index (χ2v) is 21.7. The number of carbonyl (C=O) groups is 11. The third-order valence-corrected chi connectivity index (χ3v) is 14.1. The predicted molar refractivity (Wildman–Crippen MR) is 305 cm³/mol. The number of carbonyl (C=O) groups excluding carboxylic acids is 11. The van der Waals surface area contributed by atoms with Gasteiger partial charge in [0.1, 0.15) is 60.4 Å². The SMILES string of the molecule is CC[C@H](C)CCCCC(=O)N[C@@H](CCN)C(=O)N[C@H](C(=O)N[C@@H](CCN)C(=O)N[C@@H]1CCNC(=O)[C@H]([C@@H](C)O)NC(=O)[C@H](CCN)NC(=O)[C@@H](CCN)NC(=O)[C@H]([C@@H](C)CC)NC(=O)[C@@H](CC(C)C)NC(=O)[C@H](CCN)NC1=O)[C@@H](C)O. The van der Waals surface area contributed by atoms with Gasteiger partial charge in [0.15, 0.2) is 0 Å². The minimum Gasteiger partial charge on any atom is -0.391 e. The molecule has 0 saturated carbocycles. The second kappa shape index (κ2) is 39.4. The molecule has 0 aromatic carbocycles. The van der Waals surface area contributed by atoms with Crippen LogP contribution in [0.15, 0.2) is 0 Å². The molecule has 0 radical (unpaired) electrons. The highest BCUT2D eigenvalue weighted by molar-refractivity contribution is 5.99. The Morgan fingerprint density at radius 1 is 0.537 bits per heavy atom. The van der Waals surface area contributed by atoms with Crippen molar-refractivity contribution in [2.45, 2.75) is 211 Å². The number of hydrogen-bond donors (Lipinski definition) is 18. The molecule has 11 amide bonds. The van der Waals surface area contributed by atoms with Crippen molar-refractivity contribution in [3.05, 3.63) is 0 Å². The molecule has 14 atom stereocenters. The van der Waals surface area contributed by atoms with E-state index in [2.05, 4.69) is 72.3 Å². The molecule has 470 valence electrons. The van der Waals surface area contributed by atoms with E-state index in [1.165, 1.54) is 13.8 Å². The summed E-state index contributed by atoms with van der Waals surface area (Å²) < 4.78 is 0. The highest BCUT2D eigenvalue weighted by atomic mass is 16.3. The van der Waals surface area contributed by atoms with Gasteiger partial charge in [0.05, 0.1) is 12.2 Å². The van der Waals surface area contributed by atoms with Gasteiger partial charge in [-0.3, -0.25) is 52.7 Å². The van der Waals surface area contributed by atoms with Crippen LogP contribution in [0.2, 0.25) is 0 Å². The van der Waals surface area contributed by atoms with E-state index in [4.69, 9.17) is 28.7 Å². The molecule has 0 aromatic rings. The van der Waals surface area contributed by atoms with Crippen molar-refractivity contribution in [2.24, 2.45) is 46.4 Å². The largest absolute Gasteiger partial charge is 0.391 e. The van der Waals surface area contributed by atoms with Gasteiger partial charge in [-0.1, -0.05) is 67.2 Å². The lowest BCUT2D eigenvalue weighted by Crippen LogP contribution is -2.62. The van der Waals surface area contributed by atoms with Crippen LogP contribution in [0.4, 0.5) is 0 Å². The van der Waals surface area contributed by atoms with Crippen molar-refractivity contribution >= 4 is 65.0 Å².